The van der Waals surface area contributed by atoms with Crippen LogP contribution in [-0.4, -0.2) is 52.1 Å². The van der Waals surface area contributed by atoms with Crippen LogP contribution in [0.4, 0.5) is 11.4 Å². The van der Waals surface area contributed by atoms with Crippen molar-refractivity contribution >= 4 is 33.2 Å². The molecule has 0 bridgehead atoms. The minimum atomic E-state index is -3.58. The molecule has 2 fully saturated rings. The Kier molecular flexibility index (Phi) is 5.54. The minimum absolute atomic E-state index is 0.383. The number of piperidine rings is 1. The van der Waals surface area contributed by atoms with Gasteiger partial charge in [0.15, 0.2) is 0 Å². The number of halogens is 1. The molecule has 1 unspecified atom stereocenters. The maximum atomic E-state index is 12.8. The summed E-state index contributed by atoms with van der Waals surface area (Å²) >= 11 is 6.10. The Balaban J connectivity index is 1.84. The lowest BCUT2D eigenvalue weighted by molar-refractivity contribution is 0.123. The molecular weight excluding hydrogens is 350 g/mol. The van der Waals surface area contributed by atoms with Gasteiger partial charge in [-0.15, -0.1) is 0 Å². The van der Waals surface area contributed by atoms with Crippen LogP contribution in [0.5, 0.6) is 0 Å². The number of hydrogen-bond donors (Lipinski definition) is 1. The smallest absolute Gasteiger partial charge is 0.301 e. The molecule has 3 rings (SSSR count). The molecule has 0 amide bonds. The van der Waals surface area contributed by atoms with Crippen molar-refractivity contribution in [3.8, 4) is 0 Å². The number of hydrogen-bond acceptors (Lipinski definition) is 4. The van der Waals surface area contributed by atoms with Crippen molar-refractivity contribution in [2.24, 2.45) is 5.92 Å². The molecule has 8 heteroatoms. The second-order valence-corrected chi connectivity index (χ2v) is 8.58. The van der Waals surface area contributed by atoms with Gasteiger partial charge in [-0.05, 0) is 37.0 Å². The monoisotopic (exact) mass is 373 g/mol. The van der Waals surface area contributed by atoms with Crippen LogP contribution in [0.2, 0.25) is 5.02 Å². The van der Waals surface area contributed by atoms with E-state index in [0.29, 0.717) is 42.9 Å². The van der Waals surface area contributed by atoms with Crippen molar-refractivity contribution in [2.75, 3.05) is 49.0 Å². The van der Waals surface area contributed by atoms with Crippen LogP contribution in [0.15, 0.2) is 18.2 Å². The van der Waals surface area contributed by atoms with Gasteiger partial charge in [-0.1, -0.05) is 18.5 Å². The molecular formula is C16H24ClN3O3S. The summed E-state index contributed by atoms with van der Waals surface area (Å²) in [6, 6.07) is 5.33. The summed E-state index contributed by atoms with van der Waals surface area (Å²) in [6.45, 7) is 5.95. The summed E-state index contributed by atoms with van der Waals surface area (Å²) in [5, 5.41) is 0.511. The van der Waals surface area contributed by atoms with Crippen LogP contribution in [0.25, 0.3) is 0 Å². The van der Waals surface area contributed by atoms with Gasteiger partial charge in [0.2, 0.25) is 0 Å². The van der Waals surface area contributed by atoms with Crippen molar-refractivity contribution in [1.82, 2.24) is 4.31 Å². The Morgan fingerprint density at radius 2 is 2.00 bits per heavy atom. The molecule has 1 N–H and O–H groups in total. The Morgan fingerprint density at radius 3 is 2.71 bits per heavy atom. The Labute approximate surface area is 148 Å². The van der Waals surface area contributed by atoms with Gasteiger partial charge in [0.1, 0.15) is 0 Å². The van der Waals surface area contributed by atoms with Gasteiger partial charge in [0.25, 0.3) is 0 Å². The van der Waals surface area contributed by atoms with Crippen LogP contribution >= 0.6 is 11.6 Å². The molecule has 2 aliphatic rings. The number of anilines is 2. The molecule has 1 atom stereocenters. The molecule has 0 aromatic heterocycles. The zero-order valence-corrected chi connectivity index (χ0v) is 15.4. The molecule has 24 heavy (non-hydrogen) atoms. The maximum absolute atomic E-state index is 12.8. The molecule has 0 saturated carbocycles. The van der Waals surface area contributed by atoms with Crippen LogP contribution < -0.4 is 9.62 Å². The number of ether oxygens (including phenoxy) is 1. The van der Waals surface area contributed by atoms with E-state index in [-0.39, 0.29) is 0 Å². The molecule has 0 aliphatic carbocycles. The maximum Gasteiger partial charge on any atom is 0.301 e. The number of nitrogens with one attached hydrogen (secondary N) is 1. The van der Waals surface area contributed by atoms with Crippen LogP contribution in [0, 0.1) is 5.92 Å². The molecule has 1 aromatic carbocycles. The second kappa shape index (κ2) is 7.47. The van der Waals surface area contributed by atoms with Gasteiger partial charge in [-0.25, -0.2) is 0 Å². The van der Waals surface area contributed by atoms with E-state index in [2.05, 4.69) is 16.5 Å². The van der Waals surface area contributed by atoms with Crippen molar-refractivity contribution in [3.63, 3.8) is 0 Å². The summed E-state index contributed by atoms with van der Waals surface area (Å²) in [4.78, 5) is 2.12. The second-order valence-electron chi connectivity index (χ2n) is 6.47. The first-order valence-corrected chi connectivity index (χ1v) is 10.2. The zero-order chi connectivity index (χ0) is 17.2. The number of rotatable bonds is 4. The average molecular weight is 374 g/mol. The van der Waals surface area contributed by atoms with E-state index < -0.39 is 10.2 Å². The van der Waals surface area contributed by atoms with E-state index in [9.17, 15) is 8.42 Å². The largest absolute Gasteiger partial charge is 0.378 e. The van der Waals surface area contributed by atoms with Crippen molar-refractivity contribution in [1.29, 1.82) is 0 Å². The first-order valence-electron chi connectivity index (χ1n) is 8.36. The fourth-order valence-corrected chi connectivity index (χ4v) is 4.80. The van der Waals surface area contributed by atoms with Crippen molar-refractivity contribution in [2.45, 2.75) is 19.8 Å². The zero-order valence-electron chi connectivity index (χ0n) is 13.9. The van der Waals surface area contributed by atoms with E-state index in [4.69, 9.17) is 16.3 Å². The summed E-state index contributed by atoms with van der Waals surface area (Å²) in [5.74, 6) is 0.383. The van der Waals surface area contributed by atoms with Crippen LogP contribution in [0.1, 0.15) is 19.8 Å². The molecule has 2 aliphatic heterocycles. The number of morpholine rings is 1. The predicted molar refractivity (Wildman–Crippen MR) is 97.0 cm³/mol. The highest BCUT2D eigenvalue weighted by molar-refractivity contribution is 7.90. The highest BCUT2D eigenvalue weighted by Crippen LogP contribution is 2.31. The lowest BCUT2D eigenvalue weighted by Gasteiger charge is -2.33. The summed E-state index contributed by atoms with van der Waals surface area (Å²) in [7, 11) is -3.58. The minimum Gasteiger partial charge on any atom is -0.378 e. The third-order valence-electron chi connectivity index (χ3n) is 4.51. The standard InChI is InChI=1S/C16H24ClN3O3S/c1-13-3-2-6-20(12-13)24(21,22)18-15-11-14(17)4-5-16(15)19-7-9-23-10-8-19/h4-5,11,13,18H,2-3,6-10,12H2,1H3. The number of nitrogens with zero attached hydrogens (tertiary/aromatic N) is 2. The molecule has 2 heterocycles. The first kappa shape index (κ1) is 17.8. The molecule has 1 aromatic rings. The summed E-state index contributed by atoms with van der Waals surface area (Å²) in [5.41, 5.74) is 1.37. The predicted octanol–water partition coefficient (Wildman–Crippen LogP) is 2.57. The summed E-state index contributed by atoms with van der Waals surface area (Å²) < 4.78 is 35.2. The fourth-order valence-electron chi connectivity index (χ4n) is 3.24. The van der Waals surface area contributed by atoms with E-state index >= 15 is 0 Å². The Morgan fingerprint density at radius 1 is 1.25 bits per heavy atom. The van der Waals surface area contributed by atoms with Gasteiger partial charge in [0, 0.05) is 31.2 Å². The SMILES string of the molecule is CC1CCCN(S(=O)(=O)Nc2cc(Cl)ccc2N2CCOCC2)C1. The van der Waals surface area contributed by atoms with Gasteiger partial charge in [0.05, 0.1) is 24.6 Å². The normalized spacial score (nSPS) is 23.2. The molecule has 0 spiro atoms. The van der Waals surface area contributed by atoms with E-state index in [1.807, 2.05) is 6.07 Å². The highest BCUT2D eigenvalue weighted by atomic mass is 35.5. The van der Waals surface area contributed by atoms with Gasteiger partial charge in [-0.3, -0.25) is 4.72 Å². The van der Waals surface area contributed by atoms with Crippen LogP contribution in [-0.2, 0) is 14.9 Å². The highest BCUT2D eigenvalue weighted by Gasteiger charge is 2.28. The molecule has 6 nitrogen and oxygen atoms in total. The topological polar surface area (TPSA) is 61.9 Å². The van der Waals surface area contributed by atoms with Gasteiger partial charge < -0.3 is 9.64 Å². The van der Waals surface area contributed by atoms with E-state index in [1.54, 1.807) is 12.1 Å². The first-order chi connectivity index (χ1) is 11.5. The van der Waals surface area contributed by atoms with Gasteiger partial charge in [-0.2, -0.15) is 12.7 Å². The van der Waals surface area contributed by atoms with E-state index in [1.165, 1.54) is 4.31 Å². The third kappa shape index (κ3) is 4.14. The lowest BCUT2D eigenvalue weighted by atomic mass is 10.0. The molecule has 0 radical (unpaired) electrons. The fraction of sp³-hybridized carbons (Fsp3) is 0.625. The summed E-state index contributed by atoms with van der Waals surface area (Å²) in [6.07, 6.45) is 1.97. The van der Waals surface area contributed by atoms with Crippen molar-refractivity contribution < 1.29 is 13.2 Å². The third-order valence-corrected chi connectivity index (χ3v) is 6.23. The number of benzene rings is 1. The van der Waals surface area contributed by atoms with Crippen LogP contribution in [0.3, 0.4) is 0 Å². The lowest BCUT2D eigenvalue weighted by Crippen LogP contribution is -2.42. The van der Waals surface area contributed by atoms with Crippen molar-refractivity contribution in [3.05, 3.63) is 23.2 Å². The Hall–Kier alpha value is -1.02. The van der Waals surface area contributed by atoms with Gasteiger partial charge >= 0.3 is 10.2 Å². The average Bonchev–Trinajstić information content (AvgIpc) is 2.55. The molecule has 134 valence electrons. The molecule has 2 saturated heterocycles. The Bertz CT molecular complexity index is 677. The quantitative estimate of drug-likeness (QED) is 0.881. The van der Waals surface area contributed by atoms with E-state index in [0.717, 1.165) is 31.6 Å².